The Morgan fingerprint density at radius 3 is 2.50 bits per heavy atom. The molecule has 0 bridgehead atoms. The van der Waals surface area contributed by atoms with Crippen LogP contribution < -0.4 is 11.1 Å². The average Bonchev–Trinajstić information content (AvgIpc) is 2.85. The predicted octanol–water partition coefficient (Wildman–Crippen LogP) is 1.74. The Morgan fingerprint density at radius 2 is 2.00 bits per heavy atom. The van der Waals surface area contributed by atoms with Crippen LogP contribution in [0.3, 0.4) is 0 Å². The molecule has 0 aromatic carbocycles. The van der Waals surface area contributed by atoms with E-state index in [1.54, 1.807) is 0 Å². The number of carbonyl (C=O) groups excluding carboxylic acids is 1. The number of nitrogens with zero attached hydrogens (tertiary/aromatic N) is 1. The Kier molecular flexibility index (Phi) is 9.98. The van der Waals surface area contributed by atoms with Gasteiger partial charge in [-0.05, 0) is 45.8 Å². The molecule has 1 aliphatic rings. The summed E-state index contributed by atoms with van der Waals surface area (Å²) in [6.07, 6.45) is 5.60. The first-order valence-corrected chi connectivity index (χ1v) is 7.37. The third-order valence-electron chi connectivity index (χ3n) is 3.34. The van der Waals surface area contributed by atoms with Crippen molar-refractivity contribution in [3.8, 4) is 0 Å². The Bertz CT molecular complexity index is 221. The molecule has 3 N–H and O–H groups in total. The van der Waals surface area contributed by atoms with E-state index >= 15 is 0 Å². The Balaban J connectivity index is 0.00000137. The minimum absolute atomic E-state index is 0.0917. The van der Waals surface area contributed by atoms with E-state index in [-0.39, 0.29) is 11.9 Å². The van der Waals surface area contributed by atoms with Crippen molar-refractivity contribution in [2.45, 2.75) is 65.0 Å². The van der Waals surface area contributed by atoms with Crippen molar-refractivity contribution >= 4 is 5.91 Å². The van der Waals surface area contributed by atoms with Gasteiger partial charge in [-0.15, -0.1) is 0 Å². The molecule has 0 radical (unpaired) electrons. The maximum Gasteiger partial charge on any atom is 0.234 e. The number of nitrogens with two attached hydrogens (primary N) is 1. The van der Waals surface area contributed by atoms with Crippen LogP contribution in [0, 0.1) is 0 Å². The zero-order valence-corrected chi connectivity index (χ0v) is 12.5. The summed E-state index contributed by atoms with van der Waals surface area (Å²) in [5, 5.41) is 3.30. The monoisotopic (exact) mass is 257 g/mol. The number of primary amides is 1. The fourth-order valence-corrected chi connectivity index (χ4v) is 2.19. The molecule has 18 heavy (non-hydrogen) atoms. The molecule has 2 atom stereocenters. The first kappa shape index (κ1) is 17.4. The number of rotatable bonds is 7. The lowest BCUT2D eigenvalue weighted by atomic mass is 10.1. The van der Waals surface area contributed by atoms with Crippen LogP contribution >= 0.6 is 0 Å². The SMILES string of the molecule is CC.CCCCN(C)CCC1CCC(C(N)=O)N1. The summed E-state index contributed by atoms with van der Waals surface area (Å²) in [6.45, 7) is 8.48. The molecule has 1 saturated heterocycles. The summed E-state index contributed by atoms with van der Waals surface area (Å²) in [5.41, 5.74) is 5.27. The van der Waals surface area contributed by atoms with Crippen LogP contribution in [-0.4, -0.2) is 43.0 Å². The number of unbranched alkanes of at least 4 members (excludes halogenated alkanes) is 1. The van der Waals surface area contributed by atoms with Crippen LogP contribution in [0.5, 0.6) is 0 Å². The van der Waals surface area contributed by atoms with E-state index < -0.39 is 0 Å². The van der Waals surface area contributed by atoms with E-state index in [1.807, 2.05) is 13.8 Å². The van der Waals surface area contributed by atoms with E-state index in [1.165, 1.54) is 19.4 Å². The molecule has 1 fully saturated rings. The molecular formula is C14H31N3O. The van der Waals surface area contributed by atoms with E-state index in [9.17, 15) is 4.79 Å². The molecule has 0 spiro atoms. The zero-order valence-electron chi connectivity index (χ0n) is 12.5. The van der Waals surface area contributed by atoms with Crippen LogP contribution in [-0.2, 0) is 4.79 Å². The van der Waals surface area contributed by atoms with Crippen molar-refractivity contribution in [1.29, 1.82) is 0 Å². The molecule has 2 unspecified atom stereocenters. The fraction of sp³-hybridized carbons (Fsp3) is 0.929. The van der Waals surface area contributed by atoms with Gasteiger partial charge in [-0.1, -0.05) is 27.2 Å². The second-order valence-corrected chi connectivity index (χ2v) is 4.84. The van der Waals surface area contributed by atoms with Gasteiger partial charge < -0.3 is 16.0 Å². The van der Waals surface area contributed by atoms with E-state index in [2.05, 4.69) is 24.2 Å². The highest BCUT2D eigenvalue weighted by Crippen LogP contribution is 2.15. The second kappa shape index (κ2) is 10.3. The van der Waals surface area contributed by atoms with Gasteiger partial charge in [-0.2, -0.15) is 0 Å². The topological polar surface area (TPSA) is 58.4 Å². The first-order valence-electron chi connectivity index (χ1n) is 7.37. The summed E-state index contributed by atoms with van der Waals surface area (Å²) in [7, 11) is 2.16. The summed E-state index contributed by atoms with van der Waals surface area (Å²) in [4.78, 5) is 13.3. The van der Waals surface area contributed by atoms with Crippen molar-refractivity contribution in [2.24, 2.45) is 5.73 Å². The molecule has 1 aliphatic heterocycles. The highest BCUT2D eigenvalue weighted by atomic mass is 16.1. The van der Waals surface area contributed by atoms with E-state index in [0.717, 1.165) is 25.8 Å². The third kappa shape index (κ3) is 6.97. The smallest absolute Gasteiger partial charge is 0.234 e. The van der Waals surface area contributed by atoms with Gasteiger partial charge in [0.05, 0.1) is 6.04 Å². The summed E-state index contributed by atoms with van der Waals surface area (Å²) in [6, 6.07) is 0.382. The quantitative estimate of drug-likeness (QED) is 0.730. The predicted molar refractivity (Wildman–Crippen MR) is 77.5 cm³/mol. The maximum absolute atomic E-state index is 11.0. The lowest BCUT2D eigenvalue weighted by molar-refractivity contribution is -0.119. The van der Waals surface area contributed by atoms with Gasteiger partial charge >= 0.3 is 0 Å². The summed E-state index contributed by atoms with van der Waals surface area (Å²) in [5.74, 6) is -0.207. The van der Waals surface area contributed by atoms with Crippen molar-refractivity contribution in [2.75, 3.05) is 20.1 Å². The largest absolute Gasteiger partial charge is 0.368 e. The normalized spacial score (nSPS) is 22.7. The highest BCUT2D eigenvalue weighted by molar-refractivity contribution is 5.80. The number of amides is 1. The Morgan fingerprint density at radius 1 is 1.33 bits per heavy atom. The molecule has 4 nitrogen and oxygen atoms in total. The van der Waals surface area contributed by atoms with Crippen molar-refractivity contribution in [1.82, 2.24) is 10.2 Å². The number of hydrogen-bond donors (Lipinski definition) is 2. The van der Waals surface area contributed by atoms with E-state index in [0.29, 0.717) is 6.04 Å². The molecule has 0 aromatic heterocycles. The Hall–Kier alpha value is -0.610. The molecule has 1 rings (SSSR count). The van der Waals surface area contributed by atoms with Crippen LogP contribution in [0.1, 0.15) is 52.9 Å². The molecule has 4 heteroatoms. The molecule has 0 saturated carbocycles. The van der Waals surface area contributed by atoms with Gasteiger partial charge in [0.2, 0.25) is 5.91 Å². The van der Waals surface area contributed by atoms with Gasteiger partial charge in [0.1, 0.15) is 0 Å². The Labute approximate surface area is 112 Å². The standard InChI is InChI=1S/C12H25N3O.C2H6/c1-3-4-8-15(2)9-7-10-5-6-11(14-10)12(13)16;1-2/h10-11,14H,3-9H2,1-2H3,(H2,13,16);1-2H3. The van der Waals surface area contributed by atoms with Crippen molar-refractivity contribution < 1.29 is 4.79 Å². The van der Waals surface area contributed by atoms with Crippen molar-refractivity contribution in [3.05, 3.63) is 0 Å². The zero-order chi connectivity index (χ0) is 14.0. The molecule has 108 valence electrons. The second-order valence-electron chi connectivity index (χ2n) is 4.84. The van der Waals surface area contributed by atoms with Gasteiger partial charge in [0.15, 0.2) is 0 Å². The van der Waals surface area contributed by atoms with Gasteiger partial charge in [0.25, 0.3) is 0 Å². The highest BCUT2D eigenvalue weighted by Gasteiger charge is 2.26. The van der Waals surface area contributed by atoms with Crippen LogP contribution in [0.15, 0.2) is 0 Å². The molecular weight excluding hydrogens is 226 g/mol. The minimum Gasteiger partial charge on any atom is -0.368 e. The lowest BCUT2D eigenvalue weighted by Gasteiger charge is -2.19. The van der Waals surface area contributed by atoms with Gasteiger partial charge in [0, 0.05) is 6.04 Å². The minimum atomic E-state index is -0.207. The van der Waals surface area contributed by atoms with E-state index in [4.69, 9.17) is 5.73 Å². The summed E-state index contributed by atoms with van der Waals surface area (Å²) >= 11 is 0. The number of hydrogen-bond acceptors (Lipinski definition) is 3. The third-order valence-corrected chi connectivity index (χ3v) is 3.34. The molecule has 1 heterocycles. The fourth-order valence-electron chi connectivity index (χ4n) is 2.19. The molecule has 0 aliphatic carbocycles. The maximum atomic E-state index is 11.0. The van der Waals surface area contributed by atoms with Crippen molar-refractivity contribution in [3.63, 3.8) is 0 Å². The lowest BCUT2D eigenvalue weighted by Crippen LogP contribution is -2.40. The van der Waals surface area contributed by atoms with Crippen LogP contribution in [0.25, 0.3) is 0 Å². The van der Waals surface area contributed by atoms with Gasteiger partial charge in [-0.25, -0.2) is 0 Å². The number of nitrogens with one attached hydrogen (secondary N) is 1. The summed E-state index contributed by atoms with van der Waals surface area (Å²) < 4.78 is 0. The molecule has 1 amide bonds. The molecule has 0 aromatic rings. The van der Waals surface area contributed by atoms with Crippen LogP contribution in [0.4, 0.5) is 0 Å². The van der Waals surface area contributed by atoms with Crippen LogP contribution in [0.2, 0.25) is 0 Å². The average molecular weight is 257 g/mol. The van der Waals surface area contributed by atoms with Gasteiger partial charge in [-0.3, -0.25) is 4.79 Å². The first-order chi connectivity index (χ1) is 8.63. The number of carbonyl (C=O) groups is 1.